The van der Waals surface area contributed by atoms with Gasteiger partial charge in [0.05, 0.1) is 6.61 Å². The van der Waals surface area contributed by atoms with Crippen molar-refractivity contribution in [3.63, 3.8) is 0 Å². The summed E-state index contributed by atoms with van der Waals surface area (Å²) in [5.41, 5.74) is 2.04. The van der Waals surface area contributed by atoms with Crippen molar-refractivity contribution in [3.05, 3.63) is 41.7 Å². The standard InChI is InChI=1S/C19H23N7O2/c1-3-28-18-13(2)24-26-9-6-14(12-15(18)26)19(27)21-16-4-5-17(23-22-16)25-10-7-20-8-11-25/h4-6,9,12,20H,3,7-8,10-11H2,1-2H3,(H,21,22,27). The van der Waals surface area contributed by atoms with Crippen LogP contribution in [0.15, 0.2) is 30.5 Å². The number of carbonyl (C=O) groups excluding carboxylic acids is 1. The van der Waals surface area contributed by atoms with Crippen LogP contribution in [0.1, 0.15) is 23.0 Å². The Kier molecular flexibility index (Phi) is 5.07. The number of aryl methyl sites for hydroxylation is 1. The summed E-state index contributed by atoms with van der Waals surface area (Å²) in [6, 6.07) is 7.13. The molecule has 0 saturated carbocycles. The second kappa shape index (κ2) is 7.81. The summed E-state index contributed by atoms with van der Waals surface area (Å²) in [6.07, 6.45) is 1.75. The molecule has 146 valence electrons. The minimum atomic E-state index is -0.256. The van der Waals surface area contributed by atoms with Crippen LogP contribution in [0.2, 0.25) is 0 Å². The first-order chi connectivity index (χ1) is 13.7. The van der Waals surface area contributed by atoms with E-state index in [9.17, 15) is 4.79 Å². The van der Waals surface area contributed by atoms with Crippen molar-refractivity contribution in [2.24, 2.45) is 0 Å². The van der Waals surface area contributed by atoms with Gasteiger partial charge in [0.25, 0.3) is 5.91 Å². The fourth-order valence-corrected chi connectivity index (χ4v) is 3.25. The number of carbonyl (C=O) groups is 1. The topological polar surface area (TPSA) is 96.7 Å². The third-order valence-electron chi connectivity index (χ3n) is 4.64. The van der Waals surface area contributed by atoms with Crippen LogP contribution in [0, 0.1) is 6.92 Å². The van der Waals surface area contributed by atoms with Gasteiger partial charge >= 0.3 is 0 Å². The number of hydrogen-bond acceptors (Lipinski definition) is 7. The van der Waals surface area contributed by atoms with Gasteiger partial charge in [0.15, 0.2) is 17.4 Å². The number of hydrogen-bond donors (Lipinski definition) is 2. The van der Waals surface area contributed by atoms with E-state index >= 15 is 0 Å². The van der Waals surface area contributed by atoms with E-state index in [2.05, 4.69) is 30.8 Å². The Bertz CT molecular complexity index is 978. The molecule has 0 atom stereocenters. The van der Waals surface area contributed by atoms with Crippen molar-refractivity contribution in [1.82, 2.24) is 25.1 Å². The molecular formula is C19H23N7O2. The van der Waals surface area contributed by atoms with Gasteiger partial charge in [0.2, 0.25) is 0 Å². The summed E-state index contributed by atoms with van der Waals surface area (Å²) in [5, 5.41) is 18.9. The highest BCUT2D eigenvalue weighted by Crippen LogP contribution is 2.25. The zero-order valence-electron chi connectivity index (χ0n) is 16.0. The van der Waals surface area contributed by atoms with E-state index in [0.29, 0.717) is 23.7 Å². The Labute approximate surface area is 162 Å². The van der Waals surface area contributed by atoms with Crippen LogP contribution in [-0.2, 0) is 0 Å². The molecule has 28 heavy (non-hydrogen) atoms. The third-order valence-corrected chi connectivity index (χ3v) is 4.64. The van der Waals surface area contributed by atoms with Gasteiger partial charge in [-0.3, -0.25) is 4.79 Å². The first kappa shape index (κ1) is 18.2. The van der Waals surface area contributed by atoms with Crippen LogP contribution < -0.4 is 20.3 Å². The first-order valence-electron chi connectivity index (χ1n) is 9.38. The van der Waals surface area contributed by atoms with Crippen LogP contribution >= 0.6 is 0 Å². The van der Waals surface area contributed by atoms with Crippen molar-refractivity contribution < 1.29 is 9.53 Å². The molecule has 0 spiro atoms. The molecule has 4 rings (SSSR count). The second-order valence-electron chi connectivity index (χ2n) is 6.56. The van der Waals surface area contributed by atoms with Gasteiger partial charge in [-0.25, -0.2) is 4.52 Å². The number of piperazine rings is 1. The Morgan fingerprint density at radius 1 is 1.25 bits per heavy atom. The van der Waals surface area contributed by atoms with Crippen molar-refractivity contribution in [1.29, 1.82) is 0 Å². The fraction of sp³-hybridized carbons (Fsp3) is 0.368. The number of nitrogens with zero attached hydrogens (tertiary/aromatic N) is 5. The van der Waals surface area contributed by atoms with Crippen molar-refractivity contribution in [3.8, 4) is 5.75 Å². The number of rotatable bonds is 5. The Balaban J connectivity index is 1.50. The summed E-state index contributed by atoms with van der Waals surface area (Å²) >= 11 is 0. The minimum Gasteiger partial charge on any atom is -0.490 e. The van der Waals surface area contributed by atoms with Crippen molar-refractivity contribution in [2.75, 3.05) is 43.0 Å². The number of aromatic nitrogens is 4. The molecule has 0 unspecified atom stereocenters. The van der Waals surface area contributed by atoms with Gasteiger partial charge in [-0.15, -0.1) is 10.2 Å². The molecule has 0 bridgehead atoms. The summed E-state index contributed by atoms with van der Waals surface area (Å²) in [4.78, 5) is 14.8. The maximum atomic E-state index is 12.7. The summed E-state index contributed by atoms with van der Waals surface area (Å²) in [5.74, 6) is 1.67. The average molecular weight is 381 g/mol. The van der Waals surface area contributed by atoms with Crippen molar-refractivity contribution >= 4 is 23.1 Å². The summed E-state index contributed by atoms with van der Waals surface area (Å²) in [7, 11) is 0. The molecule has 0 radical (unpaired) electrons. The van der Waals surface area contributed by atoms with Gasteiger partial charge in [-0.05, 0) is 38.1 Å². The number of anilines is 2. The molecule has 1 saturated heterocycles. The molecule has 4 heterocycles. The lowest BCUT2D eigenvalue weighted by Gasteiger charge is -2.27. The van der Waals surface area contributed by atoms with Gasteiger partial charge in [0.1, 0.15) is 11.2 Å². The number of fused-ring (bicyclic) bond motifs is 1. The van der Waals surface area contributed by atoms with E-state index in [4.69, 9.17) is 4.74 Å². The first-order valence-corrected chi connectivity index (χ1v) is 9.38. The molecule has 0 aromatic carbocycles. The molecular weight excluding hydrogens is 358 g/mol. The van der Waals surface area contributed by atoms with E-state index in [1.165, 1.54) is 0 Å². The van der Waals surface area contributed by atoms with E-state index < -0.39 is 0 Å². The summed E-state index contributed by atoms with van der Waals surface area (Å²) < 4.78 is 7.37. The molecule has 9 heteroatoms. The zero-order chi connectivity index (χ0) is 19.5. The Morgan fingerprint density at radius 2 is 2.07 bits per heavy atom. The average Bonchev–Trinajstić information content (AvgIpc) is 3.04. The van der Waals surface area contributed by atoms with Gasteiger partial charge in [0, 0.05) is 37.9 Å². The van der Waals surface area contributed by atoms with Crippen LogP contribution in [0.3, 0.4) is 0 Å². The van der Waals surface area contributed by atoms with Crippen molar-refractivity contribution in [2.45, 2.75) is 13.8 Å². The molecule has 1 amide bonds. The predicted molar refractivity (Wildman–Crippen MR) is 106 cm³/mol. The maximum Gasteiger partial charge on any atom is 0.256 e. The lowest BCUT2D eigenvalue weighted by molar-refractivity contribution is 0.102. The normalized spacial score (nSPS) is 14.3. The lowest BCUT2D eigenvalue weighted by Crippen LogP contribution is -2.43. The summed E-state index contributed by atoms with van der Waals surface area (Å²) in [6.45, 7) is 7.99. The van der Waals surface area contributed by atoms with Gasteiger partial charge in [-0.2, -0.15) is 5.10 Å². The van der Waals surface area contributed by atoms with Crippen LogP contribution in [0.5, 0.6) is 5.75 Å². The van der Waals surface area contributed by atoms with E-state index in [1.807, 2.05) is 19.9 Å². The highest BCUT2D eigenvalue weighted by Gasteiger charge is 2.15. The monoisotopic (exact) mass is 381 g/mol. The number of nitrogens with one attached hydrogen (secondary N) is 2. The zero-order valence-corrected chi connectivity index (χ0v) is 16.0. The highest BCUT2D eigenvalue weighted by molar-refractivity contribution is 6.04. The fourth-order valence-electron chi connectivity index (χ4n) is 3.25. The molecule has 2 N–H and O–H groups in total. The van der Waals surface area contributed by atoms with Gasteiger partial charge < -0.3 is 20.3 Å². The molecule has 3 aromatic heterocycles. The second-order valence-corrected chi connectivity index (χ2v) is 6.56. The molecule has 0 aliphatic carbocycles. The quantitative estimate of drug-likeness (QED) is 0.691. The van der Waals surface area contributed by atoms with E-state index in [0.717, 1.165) is 43.2 Å². The Morgan fingerprint density at radius 3 is 2.79 bits per heavy atom. The SMILES string of the molecule is CCOc1c(C)nn2ccc(C(=O)Nc3ccc(N4CCNCC4)nn3)cc12. The molecule has 1 aliphatic rings. The van der Waals surface area contributed by atoms with Crippen LogP contribution in [0.4, 0.5) is 11.6 Å². The van der Waals surface area contributed by atoms with Crippen LogP contribution in [-0.4, -0.2) is 58.5 Å². The smallest absolute Gasteiger partial charge is 0.256 e. The number of pyridine rings is 1. The third kappa shape index (κ3) is 3.61. The maximum absolute atomic E-state index is 12.7. The van der Waals surface area contributed by atoms with Gasteiger partial charge in [-0.1, -0.05) is 0 Å². The molecule has 1 aliphatic heterocycles. The molecule has 1 fully saturated rings. The van der Waals surface area contributed by atoms with Crippen LogP contribution in [0.25, 0.3) is 5.52 Å². The van der Waals surface area contributed by atoms with E-state index in [-0.39, 0.29) is 5.91 Å². The number of amides is 1. The lowest BCUT2D eigenvalue weighted by atomic mass is 10.2. The molecule has 9 nitrogen and oxygen atoms in total. The minimum absolute atomic E-state index is 0.256. The number of ether oxygens (including phenoxy) is 1. The Hall–Kier alpha value is -3.20. The van der Waals surface area contributed by atoms with E-state index in [1.54, 1.807) is 28.9 Å². The predicted octanol–water partition coefficient (Wildman–Crippen LogP) is 1.49. The largest absolute Gasteiger partial charge is 0.490 e. The molecule has 3 aromatic rings. The highest BCUT2D eigenvalue weighted by atomic mass is 16.5.